The van der Waals surface area contributed by atoms with Gasteiger partial charge in [0.25, 0.3) is 0 Å². The first-order valence-electron chi connectivity index (χ1n) is 7.11. The summed E-state index contributed by atoms with van der Waals surface area (Å²) in [5.41, 5.74) is 7.07. The Balaban J connectivity index is 1.95. The molecule has 0 saturated heterocycles. The average Bonchev–Trinajstić information content (AvgIpc) is 3.00. The van der Waals surface area contributed by atoms with E-state index >= 15 is 0 Å². The average molecular weight is 324 g/mol. The lowest BCUT2D eigenvalue weighted by Crippen LogP contribution is -2.21. The first-order chi connectivity index (χ1) is 11.6. The van der Waals surface area contributed by atoms with Crippen molar-refractivity contribution >= 4 is 0 Å². The molecule has 2 aromatic carbocycles. The number of nitrogens with two attached hydrogens (primary N) is 1. The summed E-state index contributed by atoms with van der Waals surface area (Å²) in [6.07, 6.45) is 0. The molecule has 4 rings (SSSR count). The van der Waals surface area contributed by atoms with Crippen LogP contribution in [0, 0.1) is 11.3 Å². The van der Waals surface area contributed by atoms with Crippen molar-refractivity contribution in [1.82, 2.24) is 0 Å². The molecule has 0 radical (unpaired) electrons. The molecule has 0 saturated carbocycles. The number of aromatic hydroxyl groups is 2. The highest BCUT2D eigenvalue weighted by Gasteiger charge is 2.34. The number of nitrogens with zero attached hydrogens (tertiary/aromatic N) is 1. The maximum Gasteiger partial charge on any atom is 0.231 e. The number of rotatable bonds is 1. The summed E-state index contributed by atoms with van der Waals surface area (Å²) in [5, 5.41) is 29.5. The summed E-state index contributed by atoms with van der Waals surface area (Å²) in [6.45, 7) is 0.130. The molecule has 7 heteroatoms. The van der Waals surface area contributed by atoms with E-state index in [1.165, 1.54) is 12.1 Å². The third-order valence-electron chi connectivity index (χ3n) is 4.02. The first kappa shape index (κ1) is 14.1. The maximum atomic E-state index is 10.3. The fraction of sp³-hybridized carbons (Fsp3) is 0.118. The van der Waals surface area contributed by atoms with Crippen molar-refractivity contribution < 1.29 is 24.4 Å². The van der Waals surface area contributed by atoms with E-state index in [0.717, 1.165) is 0 Å². The predicted octanol–water partition coefficient (Wildman–Crippen LogP) is 2.04. The van der Waals surface area contributed by atoms with Gasteiger partial charge in [0, 0.05) is 17.7 Å². The van der Waals surface area contributed by atoms with Gasteiger partial charge in [-0.25, -0.2) is 0 Å². The second kappa shape index (κ2) is 4.99. The molecular formula is C17H12N2O5. The zero-order valence-electron chi connectivity index (χ0n) is 12.3. The first-order valence-corrected chi connectivity index (χ1v) is 7.11. The third kappa shape index (κ3) is 1.97. The lowest BCUT2D eigenvalue weighted by molar-refractivity contribution is 0.174. The summed E-state index contributed by atoms with van der Waals surface area (Å²) < 4.78 is 16.1. The van der Waals surface area contributed by atoms with Gasteiger partial charge in [0.15, 0.2) is 11.5 Å². The molecule has 1 unspecified atom stereocenters. The molecule has 2 aromatic rings. The molecule has 2 aliphatic rings. The molecule has 0 bridgehead atoms. The Morgan fingerprint density at radius 2 is 1.88 bits per heavy atom. The molecule has 1 atom stereocenters. The van der Waals surface area contributed by atoms with E-state index in [9.17, 15) is 15.5 Å². The van der Waals surface area contributed by atoms with Crippen molar-refractivity contribution in [3.63, 3.8) is 0 Å². The number of nitriles is 1. The van der Waals surface area contributed by atoms with E-state index in [1.54, 1.807) is 18.2 Å². The summed E-state index contributed by atoms with van der Waals surface area (Å²) in [6, 6.07) is 9.81. The largest absolute Gasteiger partial charge is 0.508 e. The van der Waals surface area contributed by atoms with Gasteiger partial charge in [0.2, 0.25) is 12.7 Å². The zero-order chi connectivity index (χ0) is 16.8. The molecule has 2 aliphatic heterocycles. The summed E-state index contributed by atoms with van der Waals surface area (Å²) in [7, 11) is 0. The van der Waals surface area contributed by atoms with Crippen LogP contribution in [0.15, 0.2) is 41.8 Å². The van der Waals surface area contributed by atoms with Gasteiger partial charge < -0.3 is 30.2 Å². The van der Waals surface area contributed by atoms with Crippen LogP contribution in [0.25, 0.3) is 0 Å². The predicted molar refractivity (Wildman–Crippen MR) is 81.6 cm³/mol. The van der Waals surface area contributed by atoms with Crippen LogP contribution in [0.5, 0.6) is 28.7 Å². The highest BCUT2D eigenvalue weighted by molar-refractivity contribution is 5.63. The van der Waals surface area contributed by atoms with Crippen molar-refractivity contribution in [2.24, 2.45) is 5.73 Å². The molecule has 7 nitrogen and oxygen atoms in total. The summed E-state index contributed by atoms with van der Waals surface area (Å²) in [5.74, 6) is 0.293. The molecular weight excluding hydrogens is 312 g/mol. The van der Waals surface area contributed by atoms with E-state index < -0.39 is 5.92 Å². The van der Waals surface area contributed by atoms with Gasteiger partial charge in [-0.05, 0) is 17.7 Å². The Kier molecular flexibility index (Phi) is 2.93. The SMILES string of the molecule is N#CC1=C(N)Oc2cc(O)cc(O)c2C1c1ccc2c(c1)OCO2. The highest BCUT2D eigenvalue weighted by Crippen LogP contribution is 2.49. The Bertz CT molecular complexity index is 929. The van der Waals surface area contributed by atoms with Crippen LogP contribution in [0.4, 0.5) is 0 Å². The number of allylic oxidation sites excluding steroid dienone is 1. The van der Waals surface area contributed by atoms with Crippen molar-refractivity contribution in [1.29, 1.82) is 5.26 Å². The van der Waals surface area contributed by atoms with Gasteiger partial charge in [0.1, 0.15) is 28.9 Å². The molecule has 0 fully saturated rings. The fourth-order valence-electron chi connectivity index (χ4n) is 2.98. The Labute approximate surface area is 136 Å². The highest BCUT2D eigenvalue weighted by atomic mass is 16.7. The van der Waals surface area contributed by atoms with E-state index in [2.05, 4.69) is 0 Å². The molecule has 0 aromatic heterocycles. The number of phenolic OH excluding ortho intramolecular Hbond substituents is 2. The van der Waals surface area contributed by atoms with Crippen LogP contribution in [-0.4, -0.2) is 17.0 Å². The smallest absolute Gasteiger partial charge is 0.231 e. The number of ether oxygens (including phenoxy) is 3. The molecule has 0 spiro atoms. The van der Waals surface area contributed by atoms with Crippen molar-refractivity contribution in [3.05, 3.63) is 52.9 Å². The number of benzene rings is 2. The van der Waals surface area contributed by atoms with Gasteiger partial charge in [-0.15, -0.1) is 0 Å². The molecule has 24 heavy (non-hydrogen) atoms. The van der Waals surface area contributed by atoms with Crippen LogP contribution in [0.1, 0.15) is 17.0 Å². The second-order valence-electron chi connectivity index (χ2n) is 5.41. The van der Waals surface area contributed by atoms with Crippen LogP contribution in [0.3, 0.4) is 0 Å². The molecule has 4 N–H and O–H groups in total. The summed E-state index contributed by atoms with van der Waals surface area (Å²) >= 11 is 0. The van der Waals surface area contributed by atoms with E-state index in [4.69, 9.17) is 19.9 Å². The van der Waals surface area contributed by atoms with Gasteiger partial charge in [-0.1, -0.05) is 6.07 Å². The van der Waals surface area contributed by atoms with E-state index in [-0.39, 0.29) is 35.5 Å². The van der Waals surface area contributed by atoms with Gasteiger partial charge in [0.05, 0.1) is 5.92 Å². The standard InChI is InChI=1S/C17H12N2O5/c18-6-10-15(8-1-2-12-13(3-8)23-7-22-12)16-11(21)4-9(20)5-14(16)24-17(10)19/h1-5,15,20-21H,7,19H2. The van der Waals surface area contributed by atoms with Gasteiger partial charge >= 0.3 is 0 Å². The maximum absolute atomic E-state index is 10.3. The lowest BCUT2D eigenvalue weighted by Gasteiger charge is -2.27. The van der Waals surface area contributed by atoms with Crippen LogP contribution >= 0.6 is 0 Å². The summed E-state index contributed by atoms with van der Waals surface area (Å²) in [4.78, 5) is 0. The monoisotopic (exact) mass is 324 g/mol. The van der Waals surface area contributed by atoms with Crippen molar-refractivity contribution in [3.8, 4) is 34.8 Å². The van der Waals surface area contributed by atoms with Crippen LogP contribution < -0.4 is 19.9 Å². The number of hydrogen-bond acceptors (Lipinski definition) is 7. The van der Waals surface area contributed by atoms with Gasteiger partial charge in [-0.2, -0.15) is 5.26 Å². The Hall–Kier alpha value is -3.53. The van der Waals surface area contributed by atoms with Crippen molar-refractivity contribution in [2.45, 2.75) is 5.92 Å². The topological polar surface area (TPSA) is 118 Å². The minimum absolute atomic E-state index is 0.0716. The van der Waals surface area contributed by atoms with Crippen LogP contribution in [0.2, 0.25) is 0 Å². The number of fused-ring (bicyclic) bond motifs is 2. The molecule has 0 amide bonds. The molecule has 0 aliphatic carbocycles. The Morgan fingerprint density at radius 3 is 2.67 bits per heavy atom. The molecule has 2 heterocycles. The van der Waals surface area contributed by atoms with E-state index in [1.807, 2.05) is 6.07 Å². The lowest BCUT2D eigenvalue weighted by atomic mass is 9.83. The number of hydrogen-bond donors (Lipinski definition) is 3. The number of phenols is 2. The normalized spacial score (nSPS) is 17.9. The van der Waals surface area contributed by atoms with Crippen LogP contribution in [-0.2, 0) is 0 Å². The minimum atomic E-state index is -0.645. The van der Waals surface area contributed by atoms with Gasteiger partial charge in [-0.3, -0.25) is 0 Å². The quantitative estimate of drug-likeness (QED) is 0.734. The minimum Gasteiger partial charge on any atom is -0.508 e. The zero-order valence-corrected chi connectivity index (χ0v) is 12.3. The third-order valence-corrected chi connectivity index (χ3v) is 4.02. The second-order valence-corrected chi connectivity index (χ2v) is 5.41. The van der Waals surface area contributed by atoms with E-state index in [0.29, 0.717) is 22.6 Å². The molecule has 120 valence electrons. The fourth-order valence-corrected chi connectivity index (χ4v) is 2.98. The van der Waals surface area contributed by atoms with Crippen molar-refractivity contribution in [2.75, 3.05) is 6.79 Å². The Morgan fingerprint density at radius 1 is 1.08 bits per heavy atom.